The van der Waals surface area contributed by atoms with E-state index >= 15 is 0 Å². The van der Waals surface area contributed by atoms with Crippen molar-refractivity contribution in [2.75, 3.05) is 13.7 Å². The summed E-state index contributed by atoms with van der Waals surface area (Å²) in [6, 6.07) is 0. The number of aliphatic carboxylic acids is 1. The second-order valence-electron chi connectivity index (χ2n) is 3.43. The zero-order valence-electron chi connectivity index (χ0n) is 9.11. The van der Waals surface area contributed by atoms with Crippen molar-refractivity contribution in [2.45, 2.75) is 32.0 Å². The molecule has 0 aliphatic carbocycles. The Labute approximate surface area is 88.2 Å². The van der Waals surface area contributed by atoms with E-state index in [1.807, 2.05) is 0 Å². The number of hydrogen-bond acceptors (Lipinski definition) is 4. The summed E-state index contributed by atoms with van der Waals surface area (Å²) in [5.41, 5.74) is -1.96. The van der Waals surface area contributed by atoms with E-state index < -0.39 is 23.6 Å². The average molecular weight is 219 g/mol. The van der Waals surface area contributed by atoms with E-state index in [-0.39, 0.29) is 6.54 Å². The minimum absolute atomic E-state index is 0.346. The third-order valence-electron chi connectivity index (χ3n) is 2.02. The fraction of sp³-hybridized carbons (Fsp3) is 0.778. The van der Waals surface area contributed by atoms with Crippen molar-refractivity contribution in [2.24, 2.45) is 0 Å². The van der Waals surface area contributed by atoms with Gasteiger partial charge in [0.15, 0.2) is 5.60 Å². The number of carboxylic acids is 1. The quantitative estimate of drug-likeness (QED) is 0.552. The molecule has 0 aromatic carbocycles. The number of ether oxygens (including phenoxy) is 1. The van der Waals surface area contributed by atoms with E-state index in [0.29, 0.717) is 6.42 Å². The first-order valence-electron chi connectivity index (χ1n) is 4.61. The van der Waals surface area contributed by atoms with Crippen LogP contribution in [-0.4, -0.2) is 47.4 Å². The van der Waals surface area contributed by atoms with Crippen molar-refractivity contribution < 1.29 is 24.5 Å². The molecule has 0 radical (unpaired) electrons. The van der Waals surface area contributed by atoms with Gasteiger partial charge in [0.1, 0.15) is 6.10 Å². The number of rotatable bonds is 6. The van der Waals surface area contributed by atoms with Gasteiger partial charge in [0.2, 0.25) is 5.91 Å². The molecule has 0 aliphatic heterocycles. The normalized spacial score (nSPS) is 16.5. The molecule has 15 heavy (non-hydrogen) atoms. The summed E-state index contributed by atoms with van der Waals surface area (Å²) in [5, 5.41) is 20.2. The molecular formula is C9H17NO5. The van der Waals surface area contributed by atoms with Gasteiger partial charge < -0.3 is 20.3 Å². The molecule has 0 spiro atoms. The smallest absolute Gasteiger partial charge is 0.337 e. The van der Waals surface area contributed by atoms with Gasteiger partial charge in [-0.1, -0.05) is 6.92 Å². The summed E-state index contributed by atoms with van der Waals surface area (Å²) in [6.45, 7) is 2.54. The predicted molar refractivity (Wildman–Crippen MR) is 52.4 cm³/mol. The number of hydrogen-bond donors (Lipinski definition) is 3. The molecule has 0 aliphatic rings. The first-order valence-corrected chi connectivity index (χ1v) is 4.61. The summed E-state index contributed by atoms with van der Waals surface area (Å²) in [5.74, 6) is -1.81. The highest BCUT2D eigenvalue weighted by atomic mass is 16.5. The molecule has 0 bridgehead atoms. The van der Waals surface area contributed by atoms with Gasteiger partial charge in [-0.25, -0.2) is 4.79 Å². The number of aliphatic hydroxyl groups is 1. The van der Waals surface area contributed by atoms with Crippen LogP contribution < -0.4 is 5.32 Å². The minimum Gasteiger partial charge on any atom is -0.479 e. The van der Waals surface area contributed by atoms with Crippen molar-refractivity contribution in [1.82, 2.24) is 5.32 Å². The van der Waals surface area contributed by atoms with Crippen LogP contribution in [0, 0.1) is 0 Å². The molecule has 0 saturated heterocycles. The van der Waals surface area contributed by atoms with Gasteiger partial charge in [-0.05, 0) is 13.3 Å². The van der Waals surface area contributed by atoms with Crippen LogP contribution in [0.15, 0.2) is 0 Å². The zero-order valence-corrected chi connectivity index (χ0v) is 9.11. The topological polar surface area (TPSA) is 95.9 Å². The summed E-state index contributed by atoms with van der Waals surface area (Å²) in [6.07, 6.45) is -0.132. The van der Waals surface area contributed by atoms with Gasteiger partial charge in [0.25, 0.3) is 0 Å². The van der Waals surface area contributed by atoms with Crippen LogP contribution >= 0.6 is 0 Å². The van der Waals surface area contributed by atoms with Gasteiger partial charge in [-0.3, -0.25) is 4.79 Å². The van der Waals surface area contributed by atoms with Crippen LogP contribution in [0.25, 0.3) is 0 Å². The molecule has 1 amide bonds. The summed E-state index contributed by atoms with van der Waals surface area (Å²) in [4.78, 5) is 21.8. The van der Waals surface area contributed by atoms with Crippen molar-refractivity contribution in [1.29, 1.82) is 0 Å². The Morgan fingerprint density at radius 2 is 2.07 bits per heavy atom. The maximum Gasteiger partial charge on any atom is 0.337 e. The highest BCUT2D eigenvalue weighted by molar-refractivity contribution is 5.82. The first kappa shape index (κ1) is 13.9. The lowest BCUT2D eigenvalue weighted by molar-refractivity contribution is -0.156. The van der Waals surface area contributed by atoms with E-state index in [2.05, 4.69) is 5.32 Å². The highest BCUT2D eigenvalue weighted by Gasteiger charge is 2.31. The van der Waals surface area contributed by atoms with Gasteiger partial charge >= 0.3 is 5.97 Å². The number of carbonyl (C=O) groups is 2. The molecule has 0 fully saturated rings. The van der Waals surface area contributed by atoms with E-state index in [0.717, 1.165) is 6.92 Å². The Hall–Kier alpha value is -1.14. The van der Waals surface area contributed by atoms with Crippen LogP contribution in [-0.2, 0) is 14.3 Å². The third-order valence-corrected chi connectivity index (χ3v) is 2.02. The van der Waals surface area contributed by atoms with Gasteiger partial charge in [-0.2, -0.15) is 0 Å². The number of methoxy groups -OCH3 is 1. The van der Waals surface area contributed by atoms with Gasteiger partial charge in [0, 0.05) is 7.11 Å². The molecule has 0 saturated carbocycles. The summed E-state index contributed by atoms with van der Waals surface area (Å²) < 4.78 is 4.85. The molecule has 2 unspecified atom stereocenters. The van der Waals surface area contributed by atoms with Gasteiger partial charge in [-0.15, -0.1) is 0 Å². The maximum absolute atomic E-state index is 11.3. The third kappa shape index (κ3) is 4.26. The Bertz CT molecular complexity index is 235. The van der Waals surface area contributed by atoms with Crippen molar-refractivity contribution in [3.63, 3.8) is 0 Å². The molecule has 2 atom stereocenters. The summed E-state index contributed by atoms with van der Waals surface area (Å²) >= 11 is 0. The van der Waals surface area contributed by atoms with E-state index in [4.69, 9.17) is 9.84 Å². The van der Waals surface area contributed by atoms with Crippen LogP contribution in [0.3, 0.4) is 0 Å². The molecule has 3 N–H and O–H groups in total. The number of carbonyl (C=O) groups excluding carboxylic acids is 1. The molecule has 6 nitrogen and oxygen atoms in total. The van der Waals surface area contributed by atoms with Crippen LogP contribution in [0.4, 0.5) is 0 Å². The second-order valence-corrected chi connectivity index (χ2v) is 3.43. The molecule has 0 aromatic heterocycles. The molecular weight excluding hydrogens is 202 g/mol. The lowest BCUT2D eigenvalue weighted by Gasteiger charge is -2.20. The van der Waals surface area contributed by atoms with Gasteiger partial charge in [0.05, 0.1) is 6.54 Å². The lowest BCUT2D eigenvalue weighted by Crippen LogP contribution is -2.49. The van der Waals surface area contributed by atoms with E-state index in [1.54, 1.807) is 6.92 Å². The average Bonchev–Trinajstić information content (AvgIpc) is 2.16. The lowest BCUT2D eigenvalue weighted by atomic mass is 10.1. The Morgan fingerprint density at radius 1 is 1.53 bits per heavy atom. The molecule has 88 valence electrons. The Morgan fingerprint density at radius 3 is 2.40 bits per heavy atom. The zero-order chi connectivity index (χ0) is 12.1. The van der Waals surface area contributed by atoms with Crippen LogP contribution in [0.5, 0.6) is 0 Å². The minimum atomic E-state index is -1.96. The molecule has 0 heterocycles. The van der Waals surface area contributed by atoms with Crippen molar-refractivity contribution in [3.8, 4) is 0 Å². The number of nitrogens with one attached hydrogen (secondary N) is 1. The van der Waals surface area contributed by atoms with E-state index in [9.17, 15) is 14.7 Å². The highest BCUT2D eigenvalue weighted by Crippen LogP contribution is 2.02. The number of carboxylic acid groups (broad SMARTS) is 1. The first-order chi connectivity index (χ1) is 6.85. The number of amides is 1. The molecule has 0 aromatic rings. The van der Waals surface area contributed by atoms with Crippen molar-refractivity contribution in [3.05, 3.63) is 0 Å². The second kappa shape index (κ2) is 5.67. The van der Waals surface area contributed by atoms with E-state index in [1.165, 1.54) is 7.11 Å². The standard InChI is InChI=1S/C9H17NO5/c1-4-6(15-3)7(11)10-5-9(2,14)8(12)13/h6,14H,4-5H2,1-3H3,(H,10,11)(H,12,13). The maximum atomic E-state index is 11.3. The largest absolute Gasteiger partial charge is 0.479 e. The fourth-order valence-corrected chi connectivity index (χ4v) is 0.908. The monoisotopic (exact) mass is 219 g/mol. The van der Waals surface area contributed by atoms with Crippen LogP contribution in [0.2, 0.25) is 0 Å². The fourth-order valence-electron chi connectivity index (χ4n) is 0.908. The molecule has 6 heteroatoms. The predicted octanol–water partition coefficient (Wildman–Crippen LogP) is -0.637. The Kier molecular flexibility index (Phi) is 5.24. The van der Waals surface area contributed by atoms with Crippen LogP contribution in [0.1, 0.15) is 20.3 Å². The van der Waals surface area contributed by atoms with Crippen molar-refractivity contribution >= 4 is 11.9 Å². The SMILES string of the molecule is CCC(OC)C(=O)NCC(C)(O)C(=O)O. The summed E-state index contributed by atoms with van der Waals surface area (Å²) in [7, 11) is 1.39. The molecule has 0 rings (SSSR count). The Balaban J connectivity index is 4.16.